The smallest absolute Gasteiger partial charge is 0.278 e. The molecule has 1 heterocycles. The van der Waals surface area contributed by atoms with Crippen molar-refractivity contribution >= 4 is 23.1 Å². The number of amides is 2. The van der Waals surface area contributed by atoms with E-state index >= 15 is 0 Å². The highest BCUT2D eigenvalue weighted by Gasteiger charge is 2.38. The molecule has 1 N–H and O–H groups in total. The first kappa shape index (κ1) is 22.2. The Hall–Kier alpha value is -3.48. The van der Waals surface area contributed by atoms with E-state index in [9.17, 15) is 9.59 Å². The molecule has 0 unspecified atom stereocenters. The molecular weight excluding hydrogens is 396 g/mol. The topological polar surface area (TPSA) is 77.1 Å². The molecule has 7 heteroatoms. The standard InChI is InChI=1S/C24H28N2O5/c1-6-26-23(27)21(16-7-9-18(10-8-16)31-14-15(2)3)22(24(26)28)25-17-11-19(29-4)13-20(12-17)30-5/h7-13,15,25H,6,14H2,1-5H3. The summed E-state index contributed by atoms with van der Waals surface area (Å²) in [5.74, 6) is 1.56. The summed E-state index contributed by atoms with van der Waals surface area (Å²) in [6, 6.07) is 12.4. The van der Waals surface area contributed by atoms with Gasteiger partial charge >= 0.3 is 0 Å². The zero-order valence-electron chi connectivity index (χ0n) is 18.5. The molecule has 0 saturated heterocycles. The number of rotatable bonds is 9. The van der Waals surface area contributed by atoms with Gasteiger partial charge in [0.2, 0.25) is 0 Å². The zero-order valence-corrected chi connectivity index (χ0v) is 18.5. The molecule has 1 aliphatic rings. The Labute approximate surface area is 182 Å². The minimum atomic E-state index is -0.371. The summed E-state index contributed by atoms with van der Waals surface area (Å²) >= 11 is 0. The van der Waals surface area contributed by atoms with Crippen molar-refractivity contribution in [3.63, 3.8) is 0 Å². The Morgan fingerprint density at radius 1 is 0.903 bits per heavy atom. The number of benzene rings is 2. The molecule has 0 saturated carbocycles. The SMILES string of the molecule is CCN1C(=O)C(Nc2cc(OC)cc(OC)c2)=C(c2ccc(OCC(C)C)cc2)C1=O. The summed E-state index contributed by atoms with van der Waals surface area (Å²) in [7, 11) is 3.10. The first-order valence-electron chi connectivity index (χ1n) is 10.2. The van der Waals surface area contributed by atoms with Crippen LogP contribution in [0.5, 0.6) is 17.2 Å². The summed E-state index contributed by atoms with van der Waals surface area (Å²) in [6.07, 6.45) is 0. The number of carbonyl (C=O) groups is 2. The van der Waals surface area contributed by atoms with E-state index in [0.29, 0.717) is 46.6 Å². The van der Waals surface area contributed by atoms with Gasteiger partial charge in [-0.05, 0) is 30.5 Å². The largest absolute Gasteiger partial charge is 0.497 e. The van der Waals surface area contributed by atoms with Crippen molar-refractivity contribution < 1.29 is 23.8 Å². The molecule has 2 amide bonds. The van der Waals surface area contributed by atoms with Crippen LogP contribution < -0.4 is 19.5 Å². The Balaban J connectivity index is 1.99. The van der Waals surface area contributed by atoms with E-state index in [2.05, 4.69) is 19.2 Å². The van der Waals surface area contributed by atoms with Gasteiger partial charge in [0, 0.05) is 30.4 Å². The molecule has 0 aliphatic carbocycles. The fourth-order valence-electron chi connectivity index (χ4n) is 3.25. The summed E-state index contributed by atoms with van der Waals surface area (Å²) in [4.78, 5) is 27.2. The van der Waals surface area contributed by atoms with E-state index in [0.717, 1.165) is 0 Å². The van der Waals surface area contributed by atoms with Crippen LogP contribution in [0.3, 0.4) is 0 Å². The van der Waals surface area contributed by atoms with Gasteiger partial charge in [0.05, 0.1) is 26.4 Å². The lowest BCUT2D eigenvalue weighted by molar-refractivity contribution is -0.136. The fourth-order valence-corrected chi connectivity index (χ4v) is 3.25. The van der Waals surface area contributed by atoms with Crippen molar-refractivity contribution in [2.75, 3.05) is 32.7 Å². The summed E-state index contributed by atoms with van der Waals surface area (Å²) in [5, 5.41) is 3.11. The van der Waals surface area contributed by atoms with Crippen LogP contribution in [-0.4, -0.2) is 44.1 Å². The second-order valence-corrected chi connectivity index (χ2v) is 7.56. The van der Waals surface area contributed by atoms with Gasteiger partial charge in [-0.15, -0.1) is 0 Å². The summed E-state index contributed by atoms with van der Waals surface area (Å²) in [5.41, 5.74) is 1.77. The number of anilines is 1. The van der Waals surface area contributed by atoms with Gasteiger partial charge in [-0.1, -0.05) is 26.0 Å². The van der Waals surface area contributed by atoms with Crippen molar-refractivity contribution in [3.05, 3.63) is 53.7 Å². The lowest BCUT2D eigenvalue weighted by Gasteiger charge is -2.13. The second-order valence-electron chi connectivity index (χ2n) is 7.56. The number of imide groups is 1. The molecule has 3 rings (SSSR count). The van der Waals surface area contributed by atoms with Crippen LogP contribution in [0, 0.1) is 5.92 Å². The number of nitrogens with zero attached hydrogens (tertiary/aromatic N) is 1. The maximum Gasteiger partial charge on any atom is 0.278 e. The lowest BCUT2D eigenvalue weighted by Crippen LogP contribution is -2.32. The van der Waals surface area contributed by atoms with Gasteiger partial charge in [0.25, 0.3) is 11.8 Å². The molecule has 0 spiro atoms. The third kappa shape index (κ3) is 4.82. The van der Waals surface area contributed by atoms with Gasteiger partial charge in [-0.25, -0.2) is 0 Å². The van der Waals surface area contributed by atoms with E-state index < -0.39 is 0 Å². The van der Waals surface area contributed by atoms with Crippen LogP contribution in [0.25, 0.3) is 5.57 Å². The number of hydrogen-bond donors (Lipinski definition) is 1. The number of ether oxygens (including phenoxy) is 3. The Morgan fingerprint density at radius 3 is 2.03 bits per heavy atom. The van der Waals surface area contributed by atoms with Crippen molar-refractivity contribution in [1.29, 1.82) is 0 Å². The van der Waals surface area contributed by atoms with Gasteiger partial charge in [0.1, 0.15) is 22.9 Å². The molecule has 1 aliphatic heterocycles. The van der Waals surface area contributed by atoms with Gasteiger partial charge in [-0.2, -0.15) is 0 Å². The normalized spacial score (nSPS) is 13.8. The summed E-state index contributed by atoms with van der Waals surface area (Å²) in [6.45, 7) is 6.81. The minimum Gasteiger partial charge on any atom is -0.497 e. The van der Waals surface area contributed by atoms with Crippen molar-refractivity contribution in [1.82, 2.24) is 4.90 Å². The molecule has 7 nitrogen and oxygen atoms in total. The number of likely N-dealkylation sites (N-methyl/N-ethyl adjacent to an activating group) is 1. The first-order valence-corrected chi connectivity index (χ1v) is 10.2. The molecule has 0 aromatic heterocycles. The number of hydrogen-bond acceptors (Lipinski definition) is 6. The van der Waals surface area contributed by atoms with Crippen LogP contribution in [0.4, 0.5) is 5.69 Å². The third-order valence-electron chi connectivity index (χ3n) is 4.83. The molecule has 2 aromatic rings. The van der Waals surface area contributed by atoms with E-state index in [-0.39, 0.29) is 24.1 Å². The molecule has 0 radical (unpaired) electrons. The Kier molecular flexibility index (Phi) is 6.84. The maximum atomic E-state index is 13.0. The Morgan fingerprint density at radius 2 is 1.52 bits per heavy atom. The molecule has 0 bridgehead atoms. The van der Waals surface area contributed by atoms with Crippen LogP contribution in [0.1, 0.15) is 26.3 Å². The Bertz CT molecular complexity index is 973. The predicted molar refractivity (Wildman–Crippen MR) is 119 cm³/mol. The average molecular weight is 424 g/mol. The molecular formula is C24H28N2O5. The molecule has 0 fully saturated rings. The second kappa shape index (κ2) is 9.55. The molecule has 31 heavy (non-hydrogen) atoms. The van der Waals surface area contributed by atoms with E-state index in [1.54, 1.807) is 51.5 Å². The van der Waals surface area contributed by atoms with E-state index in [1.165, 1.54) is 4.90 Å². The van der Waals surface area contributed by atoms with E-state index in [4.69, 9.17) is 14.2 Å². The predicted octanol–water partition coefficient (Wildman–Crippen LogP) is 3.95. The average Bonchev–Trinajstić information content (AvgIpc) is 3.01. The molecule has 164 valence electrons. The third-order valence-corrected chi connectivity index (χ3v) is 4.83. The van der Waals surface area contributed by atoms with Crippen molar-refractivity contribution in [2.24, 2.45) is 5.92 Å². The van der Waals surface area contributed by atoms with Crippen LogP contribution in [-0.2, 0) is 9.59 Å². The maximum absolute atomic E-state index is 13.0. The number of nitrogens with one attached hydrogen (secondary N) is 1. The number of methoxy groups -OCH3 is 2. The van der Waals surface area contributed by atoms with E-state index in [1.807, 2.05) is 12.1 Å². The lowest BCUT2D eigenvalue weighted by atomic mass is 10.0. The van der Waals surface area contributed by atoms with Gasteiger partial charge < -0.3 is 19.5 Å². The van der Waals surface area contributed by atoms with Crippen molar-refractivity contribution in [2.45, 2.75) is 20.8 Å². The summed E-state index contributed by atoms with van der Waals surface area (Å²) < 4.78 is 16.3. The van der Waals surface area contributed by atoms with Crippen LogP contribution >= 0.6 is 0 Å². The van der Waals surface area contributed by atoms with Crippen LogP contribution in [0.15, 0.2) is 48.2 Å². The van der Waals surface area contributed by atoms with Gasteiger partial charge in [0.15, 0.2) is 0 Å². The highest BCUT2D eigenvalue weighted by atomic mass is 16.5. The molecule has 2 aromatic carbocycles. The minimum absolute atomic E-state index is 0.220. The monoisotopic (exact) mass is 424 g/mol. The highest BCUT2D eigenvalue weighted by molar-refractivity contribution is 6.36. The molecule has 0 atom stereocenters. The first-order chi connectivity index (χ1) is 14.9. The van der Waals surface area contributed by atoms with Crippen LogP contribution in [0.2, 0.25) is 0 Å². The zero-order chi connectivity index (χ0) is 22.5. The van der Waals surface area contributed by atoms with Crippen molar-refractivity contribution in [3.8, 4) is 17.2 Å². The quantitative estimate of drug-likeness (QED) is 0.614. The highest BCUT2D eigenvalue weighted by Crippen LogP contribution is 2.33. The number of carbonyl (C=O) groups excluding carboxylic acids is 2. The van der Waals surface area contributed by atoms with Gasteiger partial charge in [-0.3, -0.25) is 14.5 Å². The fraction of sp³-hybridized carbons (Fsp3) is 0.333.